The van der Waals surface area contributed by atoms with E-state index in [0.717, 1.165) is 10.2 Å². The molecule has 0 fully saturated rings. The van der Waals surface area contributed by atoms with E-state index in [2.05, 4.69) is 15.6 Å². The van der Waals surface area contributed by atoms with Crippen LogP contribution in [0.4, 0.5) is 0 Å². The Morgan fingerprint density at radius 1 is 1.31 bits per heavy atom. The number of ether oxygens (including phenoxy) is 1. The summed E-state index contributed by atoms with van der Waals surface area (Å²) < 4.78 is 5.98. The predicted octanol–water partition coefficient (Wildman–Crippen LogP) is 2.85. The van der Waals surface area contributed by atoms with Gasteiger partial charge in [0, 0.05) is 10.6 Å². The maximum Gasteiger partial charge on any atom is 0.292 e. The molecule has 2 N–H and O–H groups in total. The quantitative estimate of drug-likeness (QED) is 0.453. The summed E-state index contributed by atoms with van der Waals surface area (Å²) >= 11 is 6.15. The number of nitrogens with zero attached hydrogens (tertiary/aromatic N) is 4. The molecule has 0 radical (unpaired) electrons. The van der Waals surface area contributed by atoms with Crippen LogP contribution in [0.1, 0.15) is 32.7 Å². The number of phenolic OH excluding ortho intramolecular Hbond substituents is 1. The molecule has 1 heterocycles. The van der Waals surface area contributed by atoms with E-state index in [1.165, 1.54) is 38.4 Å². The molecule has 162 valence electrons. The third-order valence-corrected chi connectivity index (χ3v) is 5.05. The van der Waals surface area contributed by atoms with Crippen LogP contribution in [0.15, 0.2) is 46.3 Å². The Bertz CT molecular complexity index is 1340. The van der Waals surface area contributed by atoms with Gasteiger partial charge >= 0.3 is 0 Å². The number of hydrogen-bond acceptors (Lipinski definition) is 7. The zero-order chi connectivity index (χ0) is 23.4. The first kappa shape index (κ1) is 22.5. The fourth-order valence-corrected chi connectivity index (χ4v) is 3.01. The first-order valence-corrected chi connectivity index (χ1v) is 9.65. The van der Waals surface area contributed by atoms with E-state index in [0.29, 0.717) is 16.3 Å². The molecule has 9 nitrogen and oxygen atoms in total. The maximum absolute atomic E-state index is 12.7. The molecule has 0 unspecified atom stereocenters. The minimum Gasteiger partial charge on any atom is -0.504 e. The van der Waals surface area contributed by atoms with Gasteiger partial charge < -0.3 is 9.84 Å². The predicted molar refractivity (Wildman–Crippen MR) is 119 cm³/mol. The Kier molecular flexibility index (Phi) is 6.56. The second-order valence-corrected chi connectivity index (χ2v) is 7.15. The van der Waals surface area contributed by atoms with E-state index in [1.807, 2.05) is 6.07 Å². The van der Waals surface area contributed by atoms with Crippen LogP contribution in [0.2, 0.25) is 5.02 Å². The van der Waals surface area contributed by atoms with Gasteiger partial charge in [-0.1, -0.05) is 17.7 Å². The molecule has 1 aromatic heterocycles. The van der Waals surface area contributed by atoms with Gasteiger partial charge in [0.25, 0.3) is 11.5 Å². The highest BCUT2D eigenvalue weighted by Gasteiger charge is 2.20. The molecule has 10 heteroatoms. The molecule has 0 aliphatic heterocycles. The Hall–Kier alpha value is -4.16. The van der Waals surface area contributed by atoms with Crippen molar-refractivity contribution in [2.45, 2.75) is 13.8 Å². The molecular formula is C22H18ClN5O4. The highest BCUT2D eigenvalue weighted by molar-refractivity contribution is 6.31. The number of rotatable bonds is 5. The van der Waals surface area contributed by atoms with Crippen molar-refractivity contribution in [1.29, 1.82) is 5.26 Å². The lowest BCUT2D eigenvalue weighted by atomic mass is 10.1. The molecule has 0 aliphatic carbocycles. The Morgan fingerprint density at radius 2 is 2.06 bits per heavy atom. The lowest BCUT2D eigenvalue weighted by Crippen LogP contribution is -2.31. The van der Waals surface area contributed by atoms with E-state index < -0.39 is 11.5 Å². The number of benzene rings is 2. The van der Waals surface area contributed by atoms with Crippen LogP contribution in [-0.2, 0) is 0 Å². The van der Waals surface area contributed by atoms with Gasteiger partial charge in [-0.15, -0.1) is 0 Å². The van der Waals surface area contributed by atoms with Crippen LogP contribution in [0.3, 0.4) is 0 Å². The maximum atomic E-state index is 12.7. The van der Waals surface area contributed by atoms with Crippen LogP contribution in [0.25, 0.3) is 5.69 Å². The summed E-state index contributed by atoms with van der Waals surface area (Å²) in [7, 11) is 1.41. The molecule has 2 aromatic carbocycles. The van der Waals surface area contributed by atoms with E-state index in [9.17, 15) is 20.0 Å². The smallest absolute Gasteiger partial charge is 0.292 e. The number of methoxy groups -OCH3 is 1. The van der Waals surface area contributed by atoms with Gasteiger partial charge in [-0.25, -0.2) is 5.43 Å². The average Bonchev–Trinajstić information content (AvgIpc) is 2.77. The zero-order valence-electron chi connectivity index (χ0n) is 17.4. The van der Waals surface area contributed by atoms with E-state index >= 15 is 0 Å². The Morgan fingerprint density at radius 3 is 2.72 bits per heavy atom. The van der Waals surface area contributed by atoms with Gasteiger partial charge in [0.1, 0.15) is 11.6 Å². The third-order valence-electron chi connectivity index (χ3n) is 4.65. The molecule has 0 saturated heterocycles. The van der Waals surface area contributed by atoms with Crippen molar-refractivity contribution in [3.63, 3.8) is 0 Å². The summed E-state index contributed by atoms with van der Waals surface area (Å²) in [5, 5.41) is 27.5. The summed E-state index contributed by atoms with van der Waals surface area (Å²) in [6.07, 6.45) is 1.34. The third kappa shape index (κ3) is 4.45. The lowest BCUT2D eigenvalue weighted by molar-refractivity contribution is 0.0947. The molecule has 32 heavy (non-hydrogen) atoms. The van der Waals surface area contributed by atoms with Crippen molar-refractivity contribution < 1.29 is 14.6 Å². The first-order chi connectivity index (χ1) is 15.3. The highest BCUT2D eigenvalue weighted by Crippen LogP contribution is 2.25. The summed E-state index contributed by atoms with van der Waals surface area (Å²) in [6, 6.07) is 11.2. The van der Waals surface area contributed by atoms with Crippen LogP contribution in [-0.4, -0.2) is 34.1 Å². The molecule has 3 rings (SSSR count). The average molecular weight is 452 g/mol. The number of aromatic nitrogens is 2. The van der Waals surface area contributed by atoms with Crippen LogP contribution < -0.4 is 15.7 Å². The minimum atomic E-state index is -0.715. The lowest BCUT2D eigenvalue weighted by Gasteiger charge is -2.11. The van der Waals surface area contributed by atoms with Crippen molar-refractivity contribution in [2.24, 2.45) is 5.10 Å². The monoisotopic (exact) mass is 451 g/mol. The van der Waals surface area contributed by atoms with E-state index in [1.54, 1.807) is 25.1 Å². The number of halogens is 1. The minimum absolute atomic E-state index is 0.0315. The van der Waals surface area contributed by atoms with Crippen LogP contribution in [0.5, 0.6) is 11.5 Å². The number of carbonyl (C=O) groups excluding carboxylic acids is 1. The fraction of sp³-hybridized carbons (Fsp3) is 0.136. The number of amides is 1. The van der Waals surface area contributed by atoms with Crippen molar-refractivity contribution in [3.8, 4) is 23.3 Å². The van der Waals surface area contributed by atoms with Gasteiger partial charge in [0.15, 0.2) is 17.2 Å². The molecular weight excluding hydrogens is 434 g/mol. The van der Waals surface area contributed by atoms with E-state index in [-0.39, 0.29) is 28.3 Å². The fourth-order valence-electron chi connectivity index (χ4n) is 2.83. The summed E-state index contributed by atoms with van der Waals surface area (Å²) in [6.45, 7) is 3.27. The molecule has 0 atom stereocenters. The number of aryl methyl sites for hydroxylation is 1. The highest BCUT2D eigenvalue weighted by atomic mass is 35.5. The zero-order valence-corrected chi connectivity index (χ0v) is 18.1. The first-order valence-electron chi connectivity index (χ1n) is 9.27. The number of nitrogens with one attached hydrogen (secondary N) is 1. The molecule has 3 aromatic rings. The molecule has 0 spiro atoms. The van der Waals surface area contributed by atoms with Gasteiger partial charge in [0.2, 0.25) is 0 Å². The number of phenols is 1. The van der Waals surface area contributed by atoms with Crippen LogP contribution in [0, 0.1) is 25.2 Å². The number of carbonyl (C=O) groups is 1. The van der Waals surface area contributed by atoms with E-state index in [4.69, 9.17) is 16.3 Å². The van der Waals surface area contributed by atoms with Gasteiger partial charge in [0.05, 0.1) is 19.0 Å². The second-order valence-electron chi connectivity index (χ2n) is 6.74. The molecule has 0 saturated carbocycles. The van der Waals surface area contributed by atoms with Gasteiger partial charge in [-0.2, -0.15) is 20.1 Å². The Balaban J connectivity index is 1.96. The number of nitriles is 1. The number of hydrazone groups is 1. The topological polar surface area (TPSA) is 130 Å². The van der Waals surface area contributed by atoms with Gasteiger partial charge in [-0.3, -0.25) is 9.59 Å². The summed E-state index contributed by atoms with van der Waals surface area (Å²) in [5.41, 5.74) is 3.11. The van der Waals surface area contributed by atoms with Crippen molar-refractivity contribution in [3.05, 3.63) is 79.7 Å². The largest absolute Gasteiger partial charge is 0.504 e. The Labute approximate surface area is 188 Å². The summed E-state index contributed by atoms with van der Waals surface area (Å²) in [4.78, 5) is 25.4. The standard InChI is InChI=1S/C22H18ClN5O4/c1-12-4-6-15(9-17(12)23)28-22(31)16(10-24)13(2)20(27-28)21(30)26-25-11-14-5-7-18(29)19(8-14)32-3/h4-9,11,29H,1-3H3,(H,26,30)/b25-11+. The van der Waals surface area contributed by atoms with Crippen molar-refractivity contribution in [2.75, 3.05) is 7.11 Å². The van der Waals surface area contributed by atoms with Gasteiger partial charge in [-0.05, 0) is 55.3 Å². The summed E-state index contributed by atoms with van der Waals surface area (Å²) in [5.74, 6) is -0.496. The molecule has 1 amide bonds. The SMILES string of the molecule is COc1cc(/C=N/NC(=O)c2nn(-c3ccc(C)c(Cl)c3)c(=O)c(C#N)c2C)ccc1O. The number of hydrogen-bond donors (Lipinski definition) is 2. The normalized spacial score (nSPS) is 10.7. The van der Waals surface area contributed by atoms with Crippen LogP contribution >= 0.6 is 11.6 Å². The van der Waals surface area contributed by atoms with Crippen molar-refractivity contribution >= 4 is 23.7 Å². The molecule has 0 bridgehead atoms. The second kappa shape index (κ2) is 9.32. The molecule has 0 aliphatic rings. The number of aromatic hydroxyl groups is 1. The van der Waals surface area contributed by atoms with Crippen molar-refractivity contribution in [1.82, 2.24) is 15.2 Å².